The molecule has 0 saturated carbocycles. The van der Waals surface area contributed by atoms with Gasteiger partial charge in [0.25, 0.3) is 5.56 Å². The molecule has 1 aliphatic heterocycles. The number of pyridine rings is 1. The number of aryl methyl sites for hydroxylation is 1. The monoisotopic (exact) mass is 424 g/mol. The van der Waals surface area contributed by atoms with Gasteiger partial charge >= 0.3 is 11.9 Å². The Bertz CT molecular complexity index is 1150. The quantitative estimate of drug-likeness (QED) is 0.406. The summed E-state index contributed by atoms with van der Waals surface area (Å²) >= 11 is 0. The summed E-state index contributed by atoms with van der Waals surface area (Å²) < 4.78 is 11.2. The smallest absolute Gasteiger partial charge is 0.348 e. The van der Waals surface area contributed by atoms with E-state index in [1.54, 1.807) is 25.3 Å². The highest BCUT2D eigenvalue weighted by Gasteiger charge is 2.30. The number of carbonyl (C=O) groups is 2. The number of anilines is 1. The van der Waals surface area contributed by atoms with Crippen molar-refractivity contribution in [2.75, 3.05) is 31.7 Å². The molecule has 9 nitrogen and oxygen atoms in total. The van der Waals surface area contributed by atoms with Crippen molar-refractivity contribution >= 4 is 29.5 Å². The molecular weight excluding hydrogens is 400 g/mol. The van der Waals surface area contributed by atoms with Crippen LogP contribution >= 0.6 is 0 Å². The van der Waals surface area contributed by atoms with Crippen LogP contribution in [-0.2, 0) is 19.1 Å². The van der Waals surface area contributed by atoms with Crippen molar-refractivity contribution in [1.82, 2.24) is 9.38 Å². The molecule has 31 heavy (non-hydrogen) atoms. The zero-order valence-electron chi connectivity index (χ0n) is 17.8. The van der Waals surface area contributed by atoms with Crippen LogP contribution < -0.4 is 10.5 Å². The number of hydrogen-bond acceptors (Lipinski definition) is 8. The van der Waals surface area contributed by atoms with Gasteiger partial charge < -0.3 is 14.4 Å². The van der Waals surface area contributed by atoms with Crippen molar-refractivity contribution in [3.8, 4) is 6.07 Å². The first kappa shape index (κ1) is 22.0. The molecule has 3 rings (SSSR count). The molecule has 1 aliphatic rings. The predicted molar refractivity (Wildman–Crippen MR) is 113 cm³/mol. The summed E-state index contributed by atoms with van der Waals surface area (Å²) in [6, 6.07) is 5.34. The van der Waals surface area contributed by atoms with Crippen LogP contribution in [0.2, 0.25) is 0 Å². The topological polar surface area (TPSA) is 114 Å². The maximum Gasteiger partial charge on any atom is 0.348 e. The first-order valence-electron chi connectivity index (χ1n) is 10.0. The summed E-state index contributed by atoms with van der Waals surface area (Å²) in [6.07, 6.45) is 4.18. The van der Waals surface area contributed by atoms with Crippen LogP contribution in [0, 0.1) is 24.2 Å². The number of hydrogen-bond donors (Lipinski definition) is 0. The standard InChI is InChI=1S/C22H24N4O5/c1-4-31-22(29)15-8-6-9-25(13-15)19-17(11-16(12-23)21(28)30-3)20(27)26-10-5-7-14(2)18(26)24-19/h5,7,10-11,15H,4,6,8-9,13H2,1-3H3/b16-11+. The molecule has 2 aromatic rings. The largest absolute Gasteiger partial charge is 0.466 e. The first-order valence-corrected chi connectivity index (χ1v) is 10.0. The van der Waals surface area contributed by atoms with Crippen molar-refractivity contribution in [1.29, 1.82) is 5.26 Å². The van der Waals surface area contributed by atoms with Gasteiger partial charge in [-0.05, 0) is 44.4 Å². The number of ether oxygens (including phenoxy) is 2. The molecule has 1 fully saturated rings. The molecule has 162 valence electrons. The molecule has 0 N–H and O–H groups in total. The number of carbonyl (C=O) groups excluding carboxylic acids is 2. The number of nitriles is 1. The molecule has 1 atom stereocenters. The van der Waals surface area contributed by atoms with Crippen molar-refractivity contribution < 1.29 is 19.1 Å². The third-order valence-corrected chi connectivity index (χ3v) is 5.22. The van der Waals surface area contributed by atoms with Gasteiger partial charge in [-0.15, -0.1) is 0 Å². The molecule has 0 aromatic carbocycles. The van der Waals surface area contributed by atoms with Crippen LogP contribution in [0.5, 0.6) is 0 Å². The predicted octanol–water partition coefficient (Wildman–Crippen LogP) is 1.86. The molecule has 0 aliphatic carbocycles. The van der Waals surface area contributed by atoms with Gasteiger partial charge in [0, 0.05) is 19.3 Å². The summed E-state index contributed by atoms with van der Waals surface area (Å²) in [5.41, 5.74) is 0.626. The fourth-order valence-corrected chi connectivity index (χ4v) is 3.68. The Morgan fingerprint density at radius 3 is 2.87 bits per heavy atom. The van der Waals surface area contributed by atoms with Crippen LogP contribution in [0.1, 0.15) is 30.9 Å². The van der Waals surface area contributed by atoms with Gasteiger partial charge in [-0.25, -0.2) is 9.78 Å². The van der Waals surface area contributed by atoms with E-state index in [-0.39, 0.29) is 23.0 Å². The van der Waals surface area contributed by atoms with Gasteiger partial charge in [0.15, 0.2) is 0 Å². The Labute approximate surface area is 179 Å². The highest BCUT2D eigenvalue weighted by atomic mass is 16.5. The summed E-state index contributed by atoms with van der Waals surface area (Å²) in [5, 5.41) is 9.39. The molecule has 0 spiro atoms. The lowest BCUT2D eigenvalue weighted by Crippen LogP contribution is -2.41. The van der Waals surface area contributed by atoms with E-state index in [1.807, 2.05) is 17.9 Å². The molecular formula is C22H24N4O5. The summed E-state index contributed by atoms with van der Waals surface area (Å²) in [7, 11) is 1.16. The lowest BCUT2D eigenvalue weighted by atomic mass is 9.97. The minimum Gasteiger partial charge on any atom is -0.466 e. The van der Waals surface area contributed by atoms with E-state index < -0.39 is 11.5 Å². The second-order valence-electron chi connectivity index (χ2n) is 7.24. The maximum absolute atomic E-state index is 13.3. The van der Waals surface area contributed by atoms with Gasteiger partial charge in [-0.3, -0.25) is 14.0 Å². The number of esters is 2. The molecule has 0 radical (unpaired) electrons. The second kappa shape index (κ2) is 9.43. The fraction of sp³-hybridized carbons (Fsp3) is 0.409. The number of methoxy groups -OCH3 is 1. The van der Waals surface area contributed by atoms with Crippen LogP contribution in [0.4, 0.5) is 5.82 Å². The van der Waals surface area contributed by atoms with Gasteiger partial charge in [0.2, 0.25) is 0 Å². The van der Waals surface area contributed by atoms with Crippen molar-refractivity contribution in [3.05, 3.63) is 45.4 Å². The number of rotatable bonds is 5. The van der Waals surface area contributed by atoms with E-state index in [9.17, 15) is 19.6 Å². The van der Waals surface area contributed by atoms with Crippen LogP contribution in [0.25, 0.3) is 11.7 Å². The Kier molecular flexibility index (Phi) is 6.70. The molecule has 1 saturated heterocycles. The van der Waals surface area contributed by atoms with Gasteiger partial charge in [0.1, 0.15) is 23.1 Å². The zero-order chi connectivity index (χ0) is 22.5. The molecule has 3 heterocycles. The molecule has 1 unspecified atom stereocenters. The molecule has 9 heteroatoms. The zero-order valence-corrected chi connectivity index (χ0v) is 17.8. The van der Waals surface area contributed by atoms with E-state index in [0.29, 0.717) is 44.0 Å². The number of fused-ring (bicyclic) bond motifs is 1. The average molecular weight is 424 g/mol. The van der Waals surface area contributed by atoms with E-state index >= 15 is 0 Å². The minimum absolute atomic E-state index is 0.0922. The number of aromatic nitrogens is 2. The Morgan fingerprint density at radius 1 is 1.42 bits per heavy atom. The van der Waals surface area contributed by atoms with E-state index in [0.717, 1.165) is 12.7 Å². The third-order valence-electron chi connectivity index (χ3n) is 5.22. The lowest BCUT2D eigenvalue weighted by Gasteiger charge is -2.33. The molecule has 0 bridgehead atoms. The average Bonchev–Trinajstić information content (AvgIpc) is 2.78. The van der Waals surface area contributed by atoms with Gasteiger partial charge in [-0.2, -0.15) is 5.26 Å². The highest BCUT2D eigenvalue weighted by Crippen LogP contribution is 2.26. The summed E-state index contributed by atoms with van der Waals surface area (Å²) in [5.74, 6) is -1.15. The van der Waals surface area contributed by atoms with Crippen LogP contribution in [-0.4, -0.2) is 48.1 Å². The van der Waals surface area contributed by atoms with Crippen molar-refractivity contribution in [2.45, 2.75) is 26.7 Å². The highest BCUT2D eigenvalue weighted by molar-refractivity contribution is 5.98. The first-order chi connectivity index (χ1) is 14.9. The Balaban J connectivity index is 2.19. The van der Waals surface area contributed by atoms with E-state index in [1.165, 1.54) is 10.5 Å². The number of nitrogens with zero attached hydrogens (tertiary/aromatic N) is 4. The van der Waals surface area contributed by atoms with E-state index in [2.05, 4.69) is 4.74 Å². The Hall–Kier alpha value is -3.67. The fourth-order valence-electron chi connectivity index (χ4n) is 3.68. The van der Waals surface area contributed by atoms with E-state index in [4.69, 9.17) is 9.72 Å². The van der Waals surface area contributed by atoms with Gasteiger partial charge in [-0.1, -0.05) is 6.07 Å². The second-order valence-corrected chi connectivity index (χ2v) is 7.24. The van der Waals surface area contributed by atoms with Crippen LogP contribution in [0.3, 0.4) is 0 Å². The molecule has 2 aromatic heterocycles. The maximum atomic E-state index is 13.3. The van der Waals surface area contributed by atoms with Crippen molar-refractivity contribution in [3.63, 3.8) is 0 Å². The third kappa shape index (κ3) is 4.43. The SMILES string of the molecule is CCOC(=O)C1CCCN(c2nc3c(C)cccn3c(=O)c2/C=C(\C#N)C(=O)OC)C1. The normalized spacial score (nSPS) is 16.6. The summed E-state index contributed by atoms with van der Waals surface area (Å²) in [4.78, 5) is 44.1. The van der Waals surface area contributed by atoms with Crippen LogP contribution in [0.15, 0.2) is 28.7 Å². The number of piperidine rings is 1. The van der Waals surface area contributed by atoms with Crippen molar-refractivity contribution in [2.24, 2.45) is 5.92 Å². The summed E-state index contributed by atoms with van der Waals surface area (Å²) in [6.45, 7) is 4.79. The molecule has 0 amide bonds. The lowest BCUT2D eigenvalue weighted by molar-refractivity contribution is -0.148. The minimum atomic E-state index is -0.842. The Morgan fingerprint density at radius 2 is 2.19 bits per heavy atom. The van der Waals surface area contributed by atoms with Gasteiger partial charge in [0.05, 0.1) is 25.2 Å².